The van der Waals surface area contributed by atoms with E-state index in [1.54, 1.807) is 6.07 Å². The lowest BCUT2D eigenvalue weighted by molar-refractivity contribution is 0.0949. The maximum atomic E-state index is 12.4. The number of benzene rings is 2. The molecule has 0 radical (unpaired) electrons. The zero-order valence-corrected chi connectivity index (χ0v) is 15.3. The molecule has 1 amide bonds. The Balaban J connectivity index is 1.95. The van der Waals surface area contributed by atoms with Crippen LogP contribution in [0, 0.1) is 5.92 Å². The molecule has 1 heterocycles. The van der Waals surface area contributed by atoms with Gasteiger partial charge in [0.15, 0.2) is 5.58 Å². The Kier molecular flexibility index (Phi) is 5.00. The second-order valence-electron chi connectivity index (χ2n) is 6.11. The Morgan fingerprint density at radius 3 is 2.62 bits per heavy atom. The highest BCUT2D eigenvalue weighted by Crippen LogP contribution is 2.27. The number of nitrogens with zero attached hydrogens (tertiary/aromatic N) is 1. The van der Waals surface area contributed by atoms with Crippen LogP contribution in [0.25, 0.3) is 22.6 Å². The molecule has 0 aliphatic rings. The van der Waals surface area contributed by atoms with Gasteiger partial charge in [0.05, 0.1) is 5.56 Å². The lowest BCUT2D eigenvalue weighted by atomic mass is 10.1. The van der Waals surface area contributed by atoms with Gasteiger partial charge in [-0.1, -0.05) is 48.0 Å². The molecule has 24 heavy (non-hydrogen) atoms. The Morgan fingerprint density at radius 2 is 1.96 bits per heavy atom. The molecule has 0 aliphatic carbocycles. The van der Waals surface area contributed by atoms with Crippen molar-refractivity contribution in [2.75, 3.05) is 6.54 Å². The van der Waals surface area contributed by atoms with Crippen LogP contribution in [-0.2, 0) is 5.33 Å². The Labute approximate surface area is 149 Å². The molecule has 5 heteroatoms. The van der Waals surface area contributed by atoms with Crippen molar-refractivity contribution >= 4 is 32.9 Å². The van der Waals surface area contributed by atoms with Crippen LogP contribution in [0.5, 0.6) is 0 Å². The molecular formula is C19H19BrN2O2. The molecule has 3 aromatic rings. The number of amides is 1. The van der Waals surface area contributed by atoms with E-state index < -0.39 is 0 Å². The fraction of sp³-hybridized carbons (Fsp3) is 0.263. The summed E-state index contributed by atoms with van der Waals surface area (Å²) in [5.74, 6) is 0.785. The summed E-state index contributed by atoms with van der Waals surface area (Å²) in [4.78, 5) is 16.9. The number of rotatable bonds is 5. The standard InChI is InChI=1S/C19H19BrN2O2/c1-12(2)11-21-18(23)15-4-3-5-16-17(15)24-19(22-16)14-8-6-13(10-20)7-9-14/h3-9,12H,10-11H2,1-2H3,(H,21,23). The molecule has 3 rings (SSSR count). The summed E-state index contributed by atoms with van der Waals surface area (Å²) in [7, 11) is 0. The van der Waals surface area contributed by atoms with E-state index in [9.17, 15) is 4.79 Å². The molecule has 1 N–H and O–H groups in total. The summed E-state index contributed by atoms with van der Waals surface area (Å²) in [6.07, 6.45) is 0. The van der Waals surface area contributed by atoms with Crippen molar-refractivity contribution in [1.29, 1.82) is 0 Å². The predicted octanol–water partition coefficient (Wildman–Crippen LogP) is 4.78. The molecule has 0 fully saturated rings. The molecular weight excluding hydrogens is 368 g/mol. The van der Waals surface area contributed by atoms with Crippen LogP contribution in [0.1, 0.15) is 29.8 Å². The van der Waals surface area contributed by atoms with Gasteiger partial charge >= 0.3 is 0 Å². The number of alkyl halides is 1. The summed E-state index contributed by atoms with van der Waals surface area (Å²) < 4.78 is 5.90. The molecule has 1 aromatic heterocycles. The van der Waals surface area contributed by atoms with Crippen molar-refractivity contribution in [3.63, 3.8) is 0 Å². The van der Waals surface area contributed by atoms with Crippen LogP contribution >= 0.6 is 15.9 Å². The molecule has 0 aliphatic heterocycles. The predicted molar refractivity (Wildman–Crippen MR) is 99.2 cm³/mol. The van der Waals surface area contributed by atoms with Crippen molar-refractivity contribution in [3.05, 3.63) is 53.6 Å². The van der Waals surface area contributed by atoms with Gasteiger partial charge in [0, 0.05) is 17.4 Å². The maximum Gasteiger partial charge on any atom is 0.255 e. The van der Waals surface area contributed by atoms with Crippen LogP contribution in [-0.4, -0.2) is 17.4 Å². The van der Waals surface area contributed by atoms with Crippen LogP contribution in [0.3, 0.4) is 0 Å². The number of halogens is 1. The first-order valence-electron chi connectivity index (χ1n) is 7.91. The van der Waals surface area contributed by atoms with E-state index in [0.717, 1.165) is 10.9 Å². The normalized spacial score (nSPS) is 11.2. The van der Waals surface area contributed by atoms with Gasteiger partial charge in [-0.15, -0.1) is 0 Å². The largest absolute Gasteiger partial charge is 0.435 e. The van der Waals surface area contributed by atoms with E-state index in [2.05, 4.69) is 40.1 Å². The first kappa shape index (κ1) is 16.7. The minimum atomic E-state index is -0.133. The van der Waals surface area contributed by atoms with E-state index in [-0.39, 0.29) is 5.91 Å². The van der Waals surface area contributed by atoms with Crippen LogP contribution in [0.15, 0.2) is 46.9 Å². The topological polar surface area (TPSA) is 55.1 Å². The van der Waals surface area contributed by atoms with Gasteiger partial charge < -0.3 is 9.73 Å². The van der Waals surface area contributed by atoms with E-state index >= 15 is 0 Å². The third-order valence-electron chi connectivity index (χ3n) is 3.69. The molecule has 0 spiro atoms. The summed E-state index contributed by atoms with van der Waals surface area (Å²) in [5, 5.41) is 3.73. The molecule has 0 saturated carbocycles. The molecule has 4 nitrogen and oxygen atoms in total. The molecule has 124 valence electrons. The minimum absolute atomic E-state index is 0.133. The zero-order valence-electron chi connectivity index (χ0n) is 13.7. The van der Waals surface area contributed by atoms with E-state index in [1.807, 2.05) is 36.4 Å². The van der Waals surface area contributed by atoms with Crippen molar-refractivity contribution in [3.8, 4) is 11.5 Å². The molecule has 0 unspecified atom stereocenters. The van der Waals surface area contributed by atoms with E-state index in [1.165, 1.54) is 5.56 Å². The van der Waals surface area contributed by atoms with Crippen molar-refractivity contribution in [1.82, 2.24) is 10.3 Å². The smallest absolute Gasteiger partial charge is 0.255 e. The Morgan fingerprint density at radius 1 is 1.21 bits per heavy atom. The average Bonchev–Trinajstić information content (AvgIpc) is 3.03. The Hall–Kier alpha value is -2.14. The number of hydrogen-bond acceptors (Lipinski definition) is 3. The highest BCUT2D eigenvalue weighted by Gasteiger charge is 2.16. The van der Waals surface area contributed by atoms with Gasteiger partial charge in [0.25, 0.3) is 5.91 Å². The van der Waals surface area contributed by atoms with Gasteiger partial charge in [-0.3, -0.25) is 4.79 Å². The monoisotopic (exact) mass is 386 g/mol. The van der Waals surface area contributed by atoms with Crippen LogP contribution in [0.2, 0.25) is 0 Å². The van der Waals surface area contributed by atoms with Gasteiger partial charge in [-0.2, -0.15) is 0 Å². The van der Waals surface area contributed by atoms with Gasteiger partial charge in [-0.25, -0.2) is 4.98 Å². The summed E-state index contributed by atoms with van der Waals surface area (Å²) in [6.45, 7) is 4.75. The second-order valence-corrected chi connectivity index (χ2v) is 6.67. The molecule has 0 saturated heterocycles. The number of oxazole rings is 1. The SMILES string of the molecule is CC(C)CNC(=O)c1cccc2nc(-c3ccc(CBr)cc3)oc12. The third kappa shape index (κ3) is 3.51. The van der Waals surface area contributed by atoms with E-state index in [4.69, 9.17) is 4.42 Å². The van der Waals surface area contributed by atoms with Crippen LogP contribution < -0.4 is 5.32 Å². The number of para-hydroxylation sites is 1. The van der Waals surface area contributed by atoms with Crippen LogP contribution in [0.4, 0.5) is 0 Å². The highest BCUT2D eigenvalue weighted by molar-refractivity contribution is 9.08. The molecule has 0 atom stereocenters. The third-order valence-corrected chi connectivity index (χ3v) is 4.33. The highest BCUT2D eigenvalue weighted by atomic mass is 79.9. The van der Waals surface area contributed by atoms with Crippen molar-refractivity contribution < 1.29 is 9.21 Å². The fourth-order valence-corrected chi connectivity index (χ4v) is 2.75. The lowest BCUT2D eigenvalue weighted by Gasteiger charge is -2.07. The summed E-state index contributed by atoms with van der Waals surface area (Å²) in [5.41, 5.74) is 3.81. The first-order chi connectivity index (χ1) is 11.6. The molecule has 2 aromatic carbocycles. The Bertz CT molecular complexity index is 853. The van der Waals surface area contributed by atoms with Gasteiger partial charge in [0.2, 0.25) is 5.89 Å². The number of aromatic nitrogens is 1. The molecule has 0 bridgehead atoms. The first-order valence-corrected chi connectivity index (χ1v) is 9.03. The quantitative estimate of drug-likeness (QED) is 0.642. The number of carbonyl (C=O) groups is 1. The fourth-order valence-electron chi connectivity index (χ4n) is 2.38. The number of nitrogens with one attached hydrogen (secondary N) is 1. The minimum Gasteiger partial charge on any atom is -0.435 e. The number of hydrogen-bond donors (Lipinski definition) is 1. The lowest BCUT2D eigenvalue weighted by Crippen LogP contribution is -2.27. The average molecular weight is 387 g/mol. The summed E-state index contributed by atoms with van der Waals surface area (Å²) >= 11 is 3.43. The number of fused-ring (bicyclic) bond motifs is 1. The number of carbonyl (C=O) groups excluding carboxylic acids is 1. The van der Waals surface area contributed by atoms with Gasteiger partial charge in [0.1, 0.15) is 5.52 Å². The van der Waals surface area contributed by atoms with Crippen molar-refractivity contribution in [2.24, 2.45) is 5.92 Å². The zero-order chi connectivity index (χ0) is 17.1. The second kappa shape index (κ2) is 7.18. The van der Waals surface area contributed by atoms with E-state index in [0.29, 0.717) is 35.0 Å². The summed E-state index contributed by atoms with van der Waals surface area (Å²) in [6, 6.07) is 13.4. The maximum absolute atomic E-state index is 12.4. The van der Waals surface area contributed by atoms with Gasteiger partial charge in [-0.05, 0) is 35.7 Å². The van der Waals surface area contributed by atoms with Crippen molar-refractivity contribution in [2.45, 2.75) is 19.2 Å².